The van der Waals surface area contributed by atoms with E-state index in [0.29, 0.717) is 18.7 Å². The number of nitrogens with zero attached hydrogens (tertiary/aromatic N) is 2. The summed E-state index contributed by atoms with van der Waals surface area (Å²) in [6, 6.07) is 8.76. The number of amides is 1. The van der Waals surface area contributed by atoms with E-state index < -0.39 is 10.0 Å². The molecular weight excluding hydrogens is 442 g/mol. The molecule has 8 heteroatoms. The molecule has 1 aliphatic heterocycles. The number of aromatic nitrogens is 1. The van der Waals surface area contributed by atoms with Crippen molar-refractivity contribution in [1.29, 1.82) is 0 Å². The first kappa shape index (κ1) is 21.1. The Hall–Kier alpha value is -1.64. The van der Waals surface area contributed by atoms with Gasteiger partial charge in [0.1, 0.15) is 10.6 Å². The quantitative estimate of drug-likeness (QED) is 0.663. The molecule has 1 N–H and O–H groups in total. The molecule has 1 saturated heterocycles. The predicted molar refractivity (Wildman–Crippen MR) is 113 cm³/mol. The third-order valence-electron chi connectivity index (χ3n) is 5.12. The van der Waals surface area contributed by atoms with Gasteiger partial charge in [0.2, 0.25) is 10.0 Å². The molecule has 2 aromatic rings. The average Bonchev–Trinajstić information content (AvgIpc) is 3.37. The van der Waals surface area contributed by atoms with Gasteiger partial charge in [-0.25, -0.2) is 8.42 Å². The van der Waals surface area contributed by atoms with Gasteiger partial charge < -0.3 is 9.88 Å². The molecule has 0 radical (unpaired) electrons. The van der Waals surface area contributed by atoms with Gasteiger partial charge in [0.25, 0.3) is 5.91 Å². The van der Waals surface area contributed by atoms with Crippen molar-refractivity contribution in [3.8, 4) is 0 Å². The summed E-state index contributed by atoms with van der Waals surface area (Å²) in [5, 5.41) is 0. The average molecular weight is 468 g/mol. The van der Waals surface area contributed by atoms with Gasteiger partial charge in [0.15, 0.2) is 0 Å². The Balaban J connectivity index is 1.90. The SMILES string of the molecule is CCCN(C(C)c1ccccc1Br)S(=O)(=O)c1c[nH]c(C(=O)N2CCCC2)c1. The molecule has 1 atom stereocenters. The van der Waals surface area contributed by atoms with Gasteiger partial charge in [0, 0.05) is 36.3 Å². The number of nitrogens with one attached hydrogen (secondary N) is 1. The minimum Gasteiger partial charge on any atom is -0.356 e. The lowest BCUT2D eigenvalue weighted by molar-refractivity contribution is 0.0787. The largest absolute Gasteiger partial charge is 0.356 e. The number of sulfonamides is 1. The van der Waals surface area contributed by atoms with Crippen LogP contribution >= 0.6 is 15.9 Å². The fourth-order valence-corrected chi connectivity index (χ4v) is 5.90. The van der Waals surface area contributed by atoms with Crippen LogP contribution in [0.25, 0.3) is 0 Å². The Morgan fingerprint density at radius 1 is 1.29 bits per heavy atom. The third kappa shape index (κ3) is 4.18. The summed E-state index contributed by atoms with van der Waals surface area (Å²) in [7, 11) is -3.75. The maximum absolute atomic E-state index is 13.4. The molecule has 1 aromatic carbocycles. The molecule has 6 nitrogen and oxygen atoms in total. The maximum Gasteiger partial charge on any atom is 0.270 e. The van der Waals surface area contributed by atoms with E-state index in [2.05, 4.69) is 20.9 Å². The number of hydrogen-bond acceptors (Lipinski definition) is 3. The van der Waals surface area contributed by atoms with Crippen LogP contribution in [0.5, 0.6) is 0 Å². The lowest BCUT2D eigenvalue weighted by atomic mass is 10.1. The first-order valence-corrected chi connectivity index (χ1v) is 11.8. The summed E-state index contributed by atoms with van der Waals surface area (Å²) in [6.07, 6.45) is 4.10. The molecule has 0 spiro atoms. The second kappa shape index (κ2) is 8.80. The molecule has 1 fully saturated rings. The lowest BCUT2D eigenvalue weighted by Gasteiger charge is -2.28. The molecule has 1 unspecified atom stereocenters. The van der Waals surface area contributed by atoms with Crippen LogP contribution < -0.4 is 0 Å². The standard InChI is InChI=1S/C20H26BrN3O3S/c1-3-10-24(15(2)17-8-4-5-9-18(17)21)28(26,27)16-13-19(22-14-16)20(25)23-11-6-7-12-23/h4-5,8-9,13-15,22H,3,6-7,10-12H2,1-2H3. The molecule has 0 bridgehead atoms. The van der Waals surface area contributed by atoms with Crippen molar-refractivity contribution < 1.29 is 13.2 Å². The summed E-state index contributed by atoms with van der Waals surface area (Å²) < 4.78 is 29.1. The van der Waals surface area contributed by atoms with Gasteiger partial charge in [-0.15, -0.1) is 0 Å². The van der Waals surface area contributed by atoms with E-state index in [-0.39, 0.29) is 16.8 Å². The molecule has 1 aliphatic rings. The number of benzene rings is 1. The Morgan fingerprint density at radius 3 is 2.61 bits per heavy atom. The molecule has 1 amide bonds. The second-order valence-corrected chi connectivity index (χ2v) is 9.81. The van der Waals surface area contributed by atoms with E-state index in [1.54, 1.807) is 4.90 Å². The van der Waals surface area contributed by atoms with Crippen molar-refractivity contribution in [1.82, 2.24) is 14.2 Å². The first-order valence-electron chi connectivity index (χ1n) is 9.60. The summed E-state index contributed by atoms with van der Waals surface area (Å²) in [5.74, 6) is -0.139. The maximum atomic E-state index is 13.4. The van der Waals surface area contributed by atoms with E-state index in [1.165, 1.54) is 16.6 Å². The van der Waals surface area contributed by atoms with Crippen molar-refractivity contribution in [2.75, 3.05) is 19.6 Å². The van der Waals surface area contributed by atoms with Crippen molar-refractivity contribution in [2.45, 2.75) is 44.0 Å². The normalized spacial score (nSPS) is 15.9. The van der Waals surface area contributed by atoms with Crippen molar-refractivity contribution in [2.24, 2.45) is 0 Å². The number of halogens is 1. The van der Waals surface area contributed by atoms with E-state index in [4.69, 9.17) is 0 Å². The smallest absolute Gasteiger partial charge is 0.270 e. The van der Waals surface area contributed by atoms with E-state index in [9.17, 15) is 13.2 Å². The second-order valence-electron chi connectivity index (χ2n) is 7.06. The van der Waals surface area contributed by atoms with Crippen LogP contribution in [0.2, 0.25) is 0 Å². The topological polar surface area (TPSA) is 73.5 Å². The van der Waals surface area contributed by atoms with E-state index >= 15 is 0 Å². The van der Waals surface area contributed by atoms with Crippen LogP contribution in [0.3, 0.4) is 0 Å². The zero-order valence-corrected chi connectivity index (χ0v) is 18.6. The fraction of sp³-hybridized carbons (Fsp3) is 0.450. The number of carbonyl (C=O) groups is 1. The van der Waals surface area contributed by atoms with E-state index in [1.807, 2.05) is 38.1 Å². The van der Waals surface area contributed by atoms with Crippen LogP contribution in [-0.2, 0) is 10.0 Å². The minimum atomic E-state index is -3.75. The van der Waals surface area contributed by atoms with Crippen molar-refractivity contribution >= 4 is 31.9 Å². The van der Waals surface area contributed by atoms with Gasteiger partial charge >= 0.3 is 0 Å². The molecule has 2 heterocycles. The number of likely N-dealkylation sites (tertiary alicyclic amines) is 1. The highest BCUT2D eigenvalue weighted by Crippen LogP contribution is 2.32. The molecule has 0 saturated carbocycles. The highest BCUT2D eigenvalue weighted by molar-refractivity contribution is 9.10. The van der Waals surface area contributed by atoms with Crippen LogP contribution in [-0.4, -0.2) is 48.1 Å². The predicted octanol–water partition coefficient (Wildman–Crippen LogP) is 4.18. The minimum absolute atomic E-state index is 0.127. The van der Waals surface area contributed by atoms with Crippen LogP contribution in [0, 0.1) is 0 Å². The number of hydrogen-bond donors (Lipinski definition) is 1. The summed E-state index contributed by atoms with van der Waals surface area (Å²) in [4.78, 5) is 17.3. The van der Waals surface area contributed by atoms with Gasteiger partial charge in [-0.2, -0.15) is 4.31 Å². The molecule has 28 heavy (non-hydrogen) atoms. The lowest BCUT2D eigenvalue weighted by Crippen LogP contribution is -2.34. The van der Waals surface area contributed by atoms with Crippen molar-refractivity contribution in [3.05, 3.63) is 52.3 Å². The van der Waals surface area contributed by atoms with Gasteiger partial charge in [-0.05, 0) is 43.9 Å². The zero-order valence-electron chi connectivity index (χ0n) is 16.2. The summed E-state index contributed by atoms with van der Waals surface area (Å²) >= 11 is 3.52. The third-order valence-corrected chi connectivity index (χ3v) is 7.79. The molecule has 3 rings (SSSR count). The summed E-state index contributed by atoms with van der Waals surface area (Å²) in [6.45, 7) is 5.68. The molecule has 1 aromatic heterocycles. The number of carbonyl (C=O) groups excluding carboxylic acids is 1. The van der Waals surface area contributed by atoms with Crippen LogP contribution in [0.4, 0.5) is 0 Å². The molecule has 0 aliphatic carbocycles. The number of H-pyrrole nitrogens is 1. The monoisotopic (exact) mass is 467 g/mol. The van der Waals surface area contributed by atoms with Crippen LogP contribution in [0.1, 0.15) is 55.2 Å². The number of aromatic amines is 1. The van der Waals surface area contributed by atoms with Gasteiger partial charge in [0.05, 0.1) is 0 Å². The molecule has 152 valence electrons. The fourth-order valence-electron chi connectivity index (χ4n) is 3.58. The Bertz CT molecular complexity index is 936. The Labute approximate surface area is 175 Å². The summed E-state index contributed by atoms with van der Waals surface area (Å²) in [5.41, 5.74) is 1.23. The van der Waals surface area contributed by atoms with E-state index in [0.717, 1.165) is 36.0 Å². The Morgan fingerprint density at radius 2 is 1.96 bits per heavy atom. The first-order chi connectivity index (χ1) is 13.4. The van der Waals surface area contributed by atoms with Gasteiger partial charge in [-0.1, -0.05) is 41.1 Å². The Kier molecular flexibility index (Phi) is 6.62. The molecular formula is C20H26BrN3O3S. The highest BCUT2D eigenvalue weighted by atomic mass is 79.9. The van der Waals surface area contributed by atoms with Crippen LogP contribution in [0.15, 0.2) is 45.9 Å². The zero-order chi connectivity index (χ0) is 20.3. The van der Waals surface area contributed by atoms with Gasteiger partial charge in [-0.3, -0.25) is 4.79 Å². The highest BCUT2D eigenvalue weighted by Gasteiger charge is 2.32. The number of rotatable bonds is 7. The van der Waals surface area contributed by atoms with Crippen molar-refractivity contribution in [3.63, 3.8) is 0 Å².